The molecule has 27 heavy (non-hydrogen) atoms. The van der Waals surface area contributed by atoms with Crippen LogP contribution < -0.4 is 4.90 Å². The number of halogens is 2. The molecule has 1 aliphatic rings. The van der Waals surface area contributed by atoms with E-state index in [4.69, 9.17) is 0 Å². The summed E-state index contributed by atoms with van der Waals surface area (Å²) < 4.78 is 27.4. The van der Waals surface area contributed by atoms with E-state index in [0.29, 0.717) is 18.9 Å². The number of hydrogen-bond acceptors (Lipinski definition) is 5. The lowest BCUT2D eigenvalue weighted by Crippen LogP contribution is -2.41. The van der Waals surface area contributed by atoms with Gasteiger partial charge in [-0.15, -0.1) is 15.3 Å². The van der Waals surface area contributed by atoms with Gasteiger partial charge in [0.2, 0.25) is 5.82 Å². The summed E-state index contributed by atoms with van der Waals surface area (Å²) in [7, 11) is 0. The molecule has 1 fully saturated rings. The maximum absolute atomic E-state index is 13.2. The van der Waals surface area contributed by atoms with Crippen LogP contribution in [0.4, 0.5) is 14.6 Å². The number of fused-ring (bicyclic) bond motifs is 1. The Hall–Kier alpha value is -2.61. The lowest BCUT2D eigenvalue weighted by atomic mass is 10.0. The van der Waals surface area contributed by atoms with Gasteiger partial charge in [0.1, 0.15) is 5.82 Å². The van der Waals surface area contributed by atoms with Crippen molar-refractivity contribution >= 4 is 11.5 Å². The zero-order valence-corrected chi connectivity index (χ0v) is 14.8. The van der Waals surface area contributed by atoms with E-state index in [-0.39, 0.29) is 5.65 Å². The van der Waals surface area contributed by atoms with Gasteiger partial charge >= 0.3 is 0 Å². The molecule has 1 aliphatic carbocycles. The second-order valence-electron chi connectivity index (χ2n) is 7.09. The molecule has 2 heterocycles. The predicted octanol–water partition coefficient (Wildman–Crippen LogP) is 3.37. The molecular weight excluding hydrogens is 352 g/mol. The summed E-state index contributed by atoms with van der Waals surface area (Å²) in [5, 5.41) is 22.5. The zero-order chi connectivity index (χ0) is 18.9. The Balaban J connectivity index is 1.70. The van der Waals surface area contributed by atoms with Crippen LogP contribution in [0.25, 0.3) is 5.65 Å². The van der Waals surface area contributed by atoms with E-state index < -0.39 is 17.9 Å². The molecule has 0 aliphatic heterocycles. The maximum Gasteiger partial charge on any atom is 0.299 e. The second-order valence-corrected chi connectivity index (χ2v) is 7.09. The SMILES string of the molecule is OC1(CN(Cc2ccccc2)c2ccc3nnc(C(F)F)n3n2)CCCC1. The van der Waals surface area contributed by atoms with E-state index in [1.165, 1.54) is 0 Å². The van der Waals surface area contributed by atoms with Crippen LogP contribution in [-0.4, -0.2) is 37.1 Å². The lowest BCUT2D eigenvalue weighted by Gasteiger charge is -2.32. The fourth-order valence-electron chi connectivity index (χ4n) is 3.67. The van der Waals surface area contributed by atoms with Crippen LogP contribution in [0.3, 0.4) is 0 Å². The number of benzene rings is 1. The van der Waals surface area contributed by atoms with E-state index >= 15 is 0 Å². The Labute approximate surface area is 155 Å². The normalized spacial score (nSPS) is 16.3. The smallest absolute Gasteiger partial charge is 0.299 e. The summed E-state index contributed by atoms with van der Waals surface area (Å²) in [5.74, 6) is 0.0273. The van der Waals surface area contributed by atoms with Crippen molar-refractivity contribution in [2.24, 2.45) is 0 Å². The van der Waals surface area contributed by atoms with Crippen molar-refractivity contribution in [1.29, 1.82) is 0 Å². The summed E-state index contributed by atoms with van der Waals surface area (Å²) >= 11 is 0. The first-order chi connectivity index (χ1) is 13.0. The van der Waals surface area contributed by atoms with Crippen molar-refractivity contribution in [3.63, 3.8) is 0 Å². The molecule has 0 saturated heterocycles. The van der Waals surface area contributed by atoms with Gasteiger partial charge in [-0.1, -0.05) is 43.2 Å². The molecule has 0 bridgehead atoms. The predicted molar refractivity (Wildman–Crippen MR) is 96.6 cm³/mol. The van der Waals surface area contributed by atoms with Crippen molar-refractivity contribution in [2.45, 2.75) is 44.3 Å². The Morgan fingerprint density at radius 1 is 1.07 bits per heavy atom. The van der Waals surface area contributed by atoms with Gasteiger partial charge in [-0.3, -0.25) is 0 Å². The van der Waals surface area contributed by atoms with Crippen LogP contribution in [-0.2, 0) is 6.54 Å². The first-order valence-electron chi connectivity index (χ1n) is 9.06. The maximum atomic E-state index is 13.2. The standard InChI is InChI=1S/C19H21F2N5O/c20-17(21)18-23-22-15-8-9-16(24-26(15)18)25(12-14-6-2-1-3-7-14)13-19(27)10-4-5-11-19/h1-3,6-9,17,27H,4-5,10-13H2. The molecule has 0 radical (unpaired) electrons. The number of anilines is 1. The van der Waals surface area contributed by atoms with E-state index in [0.717, 1.165) is 35.8 Å². The molecule has 4 rings (SSSR count). The summed E-state index contributed by atoms with van der Waals surface area (Å²) in [6.07, 6.45) is 0.682. The minimum Gasteiger partial charge on any atom is -0.388 e. The summed E-state index contributed by atoms with van der Waals surface area (Å²) in [6.45, 7) is 0.917. The average molecular weight is 373 g/mol. The molecule has 1 aromatic carbocycles. The Bertz CT molecular complexity index is 909. The van der Waals surface area contributed by atoms with Gasteiger partial charge in [-0.05, 0) is 30.5 Å². The minimum atomic E-state index is -2.76. The molecule has 0 unspecified atom stereocenters. The zero-order valence-electron chi connectivity index (χ0n) is 14.8. The third-order valence-corrected chi connectivity index (χ3v) is 5.03. The van der Waals surface area contributed by atoms with Gasteiger partial charge in [0.25, 0.3) is 6.43 Å². The molecule has 0 atom stereocenters. The summed E-state index contributed by atoms with van der Waals surface area (Å²) in [4.78, 5) is 1.94. The second kappa shape index (κ2) is 7.19. The quantitative estimate of drug-likeness (QED) is 0.718. The highest BCUT2D eigenvalue weighted by atomic mass is 19.3. The van der Waals surface area contributed by atoms with E-state index in [1.807, 2.05) is 35.2 Å². The fourth-order valence-corrected chi connectivity index (χ4v) is 3.67. The largest absolute Gasteiger partial charge is 0.388 e. The molecule has 3 aromatic rings. The molecule has 8 heteroatoms. The summed E-state index contributed by atoms with van der Waals surface area (Å²) in [5.41, 5.74) is 0.538. The monoisotopic (exact) mass is 373 g/mol. The van der Waals surface area contributed by atoms with Crippen molar-refractivity contribution in [2.75, 3.05) is 11.4 Å². The topological polar surface area (TPSA) is 66.5 Å². The van der Waals surface area contributed by atoms with Crippen molar-refractivity contribution in [3.8, 4) is 0 Å². The molecule has 0 amide bonds. The van der Waals surface area contributed by atoms with Crippen LogP contribution >= 0.6 is 0 Å². The summed E-state index contributed by atoms with van der Waals surface area (Å²) in [6, 6.07) is 13.2. The van der Waals surface area contributed by atoms with E-state index in [9.17, 15) is 13.9 Å². The van der Waals surface area contributed by atoms with Gasteiger partial charge in [-0.2, -0.15) is 4.52 Å². The lowest BCUT2D eigenvalue weighted by molar-refractivity contribution is 0.0542. The molecule has 6 nitrogen and oxygen atoms in total. The van der Waals surface area contributed by atoms with Gasteiger partial charge < -0.3 is 10.0 Å². The Morgan fingerprint density at radius 3 is 2.52 bits per heavy atom. The molecular formula is C19H21F2N5O. The van der Waals surface area contributed by atoms with Gasteiger partial charge in [0.05, 0.1) is 5.60 Å². The van der Waals surface area contributed by atoms with Crippen LogP contribution in [0.5, 0.6) is 0 Å². The van der Waals surface area contributed by atoms with Gasteiger partial charge in [0, 0.05) is 13.1 Å². The molecule has 1 saturated carbocycles. The van der Waals surface area contributed by atoms with E-state index in [2.05, 4.69) is 15.3 Å². The number of alkyl halides is 2. The number of aliphatic hydroxyl groups is 1. The van der Waals surface area contributed by atoms with Crippen LogP contribution in [0.2, 0.25) is 0 Å². The first-order valence-corrected chi connectivity index (χ1v) is 9.06. The average Bonchev–Trinajstić information content (AvgIpc) is 3.28. The number of hydrogen-bond donors (Lipinski definition) is 1. The minimum absolute atomic E-state index is 0.272. The highest BCUT2D eigenvalue weighted by Crippen LogP contribution is 2.32. The Kier molecular flexibility index (Phi) is 4.73. The molecule has 142 valence electrons. The van der Waals surface area contributed by atoms with Crippen LogP contribution in [0.1, 0.15) is 43.5 Å². The highest BCUT2D eigenvalue weighted by Gasteiger charge is 2.34. The molecule has 2 aromatic heterocycles. The third-order valence-electron chi connectivity index (χ3n) is 5.03. The number of rotatable bonds is 6. The van der Waals surface area contributed by atoms with E-state index in [1.54, 1.807) is 12.1 Å². The van der Waals surface area contributed by atoms with Crippen molar-refractivity contribution in [3.05, 3.63) is 53.9 Å². The third kappa shape index (κ3) is 3.75. The molecule has 0 spiro atoms. The van der Waals surface area contributed by atoms with Crippen molar-refractivity contribution in [1.82, 2.24) is 19.8 Å². The molecule has 1 N–H and O–H groups in total. The highest BCUT2D eigenvalue weighted by molar-refractivity contribution is 5.46. The van der Waals surface area contributed by atoms with Gasteiger partial charge in [-0.25, -0.2) is 8.78 Å². The number of nitrogens with zero attached hydrogens (tertiary/aromatic N) is 5. The van der Waals surface area contributed by atoms with Crippen LogP contribution in [0.15, 0.2) is 42.5 Å². The van der Waals surface area contributed by atoms with Crippen molar-refractivity contribution < 1.29 is 13.9 Å². The first kappa shape index (κ1) is 17.8. The fraction of sp³-hybridized carbons (Fsp3) is 0.421. The van der Waals surface area contributed by atoms with Gasteiger partial charge in [0.15, 0.2) is 5.65 Å². The number of aromatic nitrogens is 4. The van der Waals surface area contributed by atoms with Crippen LogP contribution in [0, 0.1) is 0 Å². The Morgan fingerprint density at radius 2 is 1.81 bits per heavy atom.